The van der Waals surface area contributed by atoms with E-state index < -0.39 is 0 Å². The fourth-order valence-electron chi connectivity index (χ4n) is 2.18. The summed E-state index contributed by atoms with van der Waals surface area (Å²) in [6, 6.07) is 9.98. The first-order chi connectivity index (χ1) is 10.8. The Bertz CT molecular complexity index is 857. The van der Waals surface area contributed by atoms with Crippen molar-refractivity contribution in [1.82, 2.24) is 20.2 Å². The molecule has 2 aromatic heterocycles. The van der Waals surface area contributed by atoms with Crippen LogP contribution in [0.4, 0.5) is 0 Å². The molecule has 0 bridgehead atoms. The number of aromatic amines is 1. The van der Waals surface area contributed by atoms with Crippen LogP contribution in [0.1, 0.15) is 12.7 Å². The zero-order chi connectivity index (χ0) is 15.4. The van der Waals surface area contributed by atoms with Gasteiger partial charge in [-0.1, -0.05) is 61.2 Å². The molecular formula is C18H16N4. The molecule has 4 heteroatoms. The summed E-state index contributed by atoms with van der Waals surface area (Å²) in [4.78, 5) is 9.04. The number of fused-ring (bicyclic) bond motifs is 1. The molecule has 0 fully saturated rings. The second kappa shape index (κ2) is 6.18. The molecule has 0 spiro atoms. The fourth-order valence-corrected chi connectivity index (χ4v) is 2.18. The predicted molar refractivity (Wildman–Crippen MR) is 90.1 cm³/mol. The minimum absolute atomic E-state index is 0.638. The van der Waals surface area contributed by atoms with E-state index in [1.807, 2.05) is 55.5 Å². The largest absolute Gasteiger partial charge is 0.274 e. The molecule has 0 saturated carbocycles. The minimum atomic E-state index is 0.638. The van der Waals surface area contributed by atoms with Crippen LogP contribution in [0, 0.1) is 0 Å². The van der Waals surface area contributed by atoms with E-state index in [1.165, 1.54) is 0 Å². The smallest absolute Gasteiger partial charge is 0.159 e. The second-order valence-corrected chi connectivity index (χ2v) is 4.75. The number of aromatic nitrogens is 4. The van der Waals surface area contributed by atoms with Crippen molar-refractivity contribution in [2.75, 3.05) is 0 Å². The van der Waals surface area contributed by atoms with Gasteiger partial charge >= 0.3 is 0 Å². The monoisotopic (exact) mass is 288 g/mol. The number of nitrogens with one attached hydrogen (secondary N) is 1. The van der Waals surface area contributed by atoms with Crippen LogP contribution in [0.2, 0.25) is 0 Å². The van der Waals surface area contributed by atoms with Gasteiger partial charge < -0.3 is 0 Å². The van der Waals surface area contributed by atoms with Crippen molar-refractivity contribution < 1.29 is 0 Å². The Balaban J connectivity index is 2.15. The lowest BCUT2D eigenvalue weighted by molar-refractivity contribution is 1.11. The normalized spacial score (nSPS) is 12.1. The maximum Gasteiger partial charge on any atom is 0.159 e. The molecule has 0 unspecified atom stereocenters. The zero-order valence-corrected chi connectivity index (χ0v) is 12.3. The van der Waals surface area contributed by atoms with Gasteiger partial charge in [-0.2, -0.15) is 5.10 Å². The number of H-pyrrole nitrogens is 1. The van der Waals surface area contributed by atoms with Crippen molar-refractivity contribution in [3.8, 4) is 11.3 Å². The molecule has 3 aromatic rings. The summed E-state index contributed by atoms with van der Waals surface area (Å²) in [7, 11) is 0. The summed E-state index contributed by atoms with van der Waals surface area (Å²) in [6.07, 6.45) is 9.34. The number of rotatable bonds is 4. The van der Waals surface area contributed by atoms with Gasteiger partial charge in [-0.05, 0) is 6.92 Å². The summed E-state index contributed by atoms with van der Waals surface area (Å²) < 4.78 is 0. The molecule has 2 heterocycles. The summed E-state index contributed by atoms with van der Waals surface area (Å²) in [5.41, 5.74) is 4.35. The highest BCUT2D eigenvalue weighted by Gasteiger charge is 2.11. The van der Waals surface area contributed by atoms with E-state index in [-0.39, 0.29) is 0 Å². The average Bonchev–Trinajstić information content (AvgIpc) is 2.99. The topological polar surface area (TPSA) is 54.5 Å². The van der Waals surface area contributed by atoms with Gasteiger partial charge in [0.1, 0.15) is 16.7 Å². The van der Waals surface area contributed by atoms with Crippen molar-refractivity contribution in [1.29, 1.82) is 0 Å². The van der Waals surface area contributed by atoms with Crippen molar-refractivity contribution >= 4 is 16.6 Å². The summed E-state index contributed by atoms with van der Waals surface area (Å²) in [5, 5.41) is 7.35. The number of benzene rings is 1. The highest BCUT2D eigenvalue weighted by Crippen LogP contribution is 2.25. The van der Waals surface area contributed by atoms with Gasteiger partial charge in [-0.25, -0.2) is 9.97 Å². The van der Waals surface area contributed by atoms with Crippen LogP contribution < -0.4 is 0 Å². The Labute approximate surface area is 128 Å². The molecule has 0 amide bonds. The SMILES string of the molecule is C=C/C(=C\C=C/C)c1ncc2[nH]nc(-c3ccccc3)c2n1. The quantitative estimate of drug-likeness (QED) is 0.733. The molecule has 108 valence electrons. The summed E-state index contributed by atoms with van der Waals surface area (Å²) in [5.74, 6) is 0.638. The molecule has 0 saturated heterocycles. The van der Waals surface area contributed by atoms with E-state index in [0.29, 0.717) is 5.82 Å². The molecular weight excluding hydrogens is 272 g/mol. The van der Waals surface area contributed by atoms with Crippen LogP contribution in [0.3, 0.4) is 0 Å². The third kappa shape index (κ3) is 2.59. The molecule has 0 aliphatic carbocycles. The molecule has 3 rings (SSSR count). The lowest BCUT2D eigenvalue weighted by Gasteiger charge is -2.01. The summed E-state index contributed by atoms with van der Waals surface area (Å²) >= 11 is 0. The van der Waals surface area contributed by atoms with Crippen LogP contribution >= 0.6 is 0 Å². The van der Waals surface area contributed by atoms with E-state index in [0.717, 1.165) is 27.9 Å². The standard InChI is InChI=1S/C18H16N4/c1-3-5-9-13(4-2)18-19-12-15-17(20-18)16(22-21-15)14-10-7-6-8-11-14/h3-12H,2H2,1H3,(H,21,22)/b5-3-,13-9+. The molecule has 0 aliphatic rings. The van der Waals surface area contributed by atoms with Crippen molar-refractivity contribution in [3.63, 3.8) is 0 Å². The molecule has 4 nitrogen and oxygen atoms in total. The van der Waals surface area contributed by atoms with Gasteiger partial charge in [0.2, 0.25) is 0 Å². The van der Waals surface area contributed by atoms with Crippen LogP contribution in [-0.4, -0.2) is 20.2 Å². The molecule has 22 heavy (non-hydrogen) atoms. The Morgan fingerprint density at radius 3 is 2.77 bits per heavy atom. The van der Waals surface area contributed by atoms with Crippen LogP contribution in [0.15, 0.2) is 67.4 Å². The lowest BCUT2D eigenvalue weighted by Crippen LogP contribution is -1.92. The Morgan fingerprint density at radius 2 is 2.05 bits per heavy atom. The van der Waals surface area contributed by atoms with Gasteiger partial charge in [-0.15, -0.1) is 0 Å². The first-order valence-corrected chi connectivity index (χ1v) is 7.06. The maximum absolute atomic E-state index is 4.66. The Hall–Kier alpha value is -3.01. The highest BCUT2D eigenvalue weighted by atomic mass is 15.1. The van der Waals surface area contributed by atoms with Crippen LogP contribution in [0.5, 0.6) is 0 Å². The summed E-state index contributed by atoms with van der Waals surface area (Å²) in [6.45, 7) is 5.80. The molecule has 0 aliphatic heterocycles. The van der Waals surface area contributed by atoms with Gasteiger partial charge in [0.15, 0.2) is 5.82 Å². The first-order valence-electron chi connectivity index (χ1n) is 7.06. The van der Waals surface area contributed by atoms with Crippen molar-refractivity contribution in [2.45, 2.75) is 6.92 Å². The Morgan fingerprint density at radius 1 is 1.23 bits per heavy atom. The number of allylic oxidation sites excluding steroid dienone is 5. The fraction of sp³-hybridized carbons (Fsp3) is 0.0556. The van der Waals surface area contributed by atoms with E-state index in [4.69, 9.17) is 0 Å². The lowest BCUT2D eigenvalue weighted by atomic mass is 10.1. The van der Waals surface area contributed by atoms with E-state index in [2.05, 4.69) is 26.7 Å². The predicted octanol–water partition coefficient (Wildman–Crippen LogP) is 4.17. The minimum Gasteiger partial charge on any atom is -0.274 e. The molecule has 0 radical (unpaired) electrons. The van der Waals surface area contributed by atoms with Crippen molar-refractivity contribution in [2.24, 2.45) is 0 Å². The number of hydrogen-bond acceptors (Lipinski definition) is 3. The first kappa shape index (κ1) is 13.9. The zero-order valence-electron chi connectivity index (χ0n) is 12.3. The van der Waals surface area contributed by atoms with Crippen LogP contribution in [0.25, 0.3) is 27.9 Å². The third-order valence-electron chi connectivity index (χ3n) is 3.29. The molecule has 1 N–H and O–H groups in total. The third-order valence-corrected chi connectivity index (χ3v) is 3.29. The van der Waals surface area contributed by atoms with Crippen LogP contribution in [-0.2, 0) is 0 Å². The number of hydrogen-bond donors (Lipinski definition) is 1. The van der Waals surface area contributed by atoms with Gasteiger partial charge in [-0.3, -0.25) is 5.10 Å². The van der Waals surface area contributed by atoms with Gasteiger partial charge in [0.25, 0.3) is 0 Å². The van der Waals surface area contributed by atoms with E-state index >= 15 is 0 Å². The average molecular weight is 288 g/mol. The van der Waals surface area contributed by atoms with E-state index in [9.17, 15) is 0 Å². The molecule has 1 aromatic carbocycles. The van der Waals surface area contributed by atoms with Gasteiger partial charge in [0, 0.05) is 11.1 Å². The van der Waals surface area contributed by atoms with Crippen molar-refractivity contribution in [3.05, 3.63) is 73.2 Å². The molecule has 0 atom stereocenters. The maximum atomic E-state index is 4.66. The number of nitrogens with zero attached hydrogens (tertiary/aromatic N) is 3. The van der Waals surface area contributed by atoms with Gasteiger partial charge in [0.05, 0.1) is 6.20 Å². The van der Waals surface area contributed by atoms with E-state index in [1.54, 1.807) is 12.3 Å². The second-order valence-electron chi connectivity index (χ2n) is 4.75. The highest BCUT2D eigenvalue weighted by molar-refractivity contribution is 5.90. The Kier molecular flexibility index (Phi) is 3.92.